The molecule has 6 heteroatoms. The summed E-state index contributed by atoms with van der Waals surface area (Å²) in [6.07, 6.45) is -0.00667. The van der Waals surface area contributed by atoms with Crippen LogP contribution in [-0.2, 0) is 4.79 Å². The predicted molar refractivity (Wildman–Crippen MR) is 54.5 cm³/mol. The first kappa shape index (κ1) is 12.0. The number of benzene rings is 1. The minimum absolute atomic E-state index is 0.00667. The van der Waals surface area contributed by atoms with Crippen LogP contribution in [0.25, 0.3) is 5.57 Å². The molecule has 16 heavy (non-hydrogen) atoms. The Morgan fingerprint density at radius 2 is 2.06 bits per heavy atom. The number of aromatic hydroxyl groups is 2. The van der Waals surface area contributed by atoms with Gasteiger partial charge in [-0.2, -0.15) is 0 Å². The van der Waals surface area contributed by atoms with E-state index in [0.717, 1.165) is 0 Å². The Kier molecular flexibility index (Phi) is 3.47. The van der Waals surface area contributed by atoms with E-state index in [0.29, 0.717) is 0 Å². The predicted octanol–water partition coefficient (Wildman–Crippen LogP) is 0.820. The molecule has 0 radical (unpaired) electrons. The SMILES string of the molecule is NC(C(=O)O)C(=CF)c1cccc(O)c1O. The average Bonchev–Trinajstić information content (AvgIpc) is 2.24. The van der Waals surface area contributed by atoms with E-state index in [9.17, 15) is 19.4 Å². The van der Waals surface area contributed by atoms with Crippen LogP contribution in [-0.4, -0.2) is 27.3 Å². The Morgan fingerprint density at radius 1 is 1.44 bits per heavy atom. The standard InChI is InChI=1S/C10H10FNO4/c11-4-6(8(12)10(15)16)5-2-1-3-7(13)9(5)14/h1-4,8,13-14H,12H2,(H,15,16). The molecule has 0 amide bonds. The van der Waals surface area contributed by atoms with E-state index in [1.807, 2.05) is 0 Å². The van der Waals surface area contributed by atoms with Crippen molar-refractivity contribution in [2.45, 2.75) is 6.04 Å². The van der Waals surface area contributed by atoms with Gasteiger partial charge in [0.2, 0.25) is 0 Å². The first-order chi connectivity index (χ1) is 7.49. The fraction of sp³-hybridized carbons (Fsp3) is 0.100. The van der Waals surface area contributed by atoms with E-state index in [1.165, 1.54) is 18.2 Å². The molecule has 0 heterocycles. The molecular weight excluding hydrogens is 217 g/mol. The van der Waals surface area contributed by atoms with Gasteiger partial charge in [0.05, 0.1) is 6.33 Å². The number of nitrogens with two attached hydrogens (primary N) is 1. The fourth-order valence-electron chi connectivity index (χ4n) is 1.19. The van der Waals surface area contributed by atoms with Crippen LogP contribution >= 0.6 is 0 Å². The lowest BCUT2D eigenvalue weighted by molar-refractivity contribution is -0.137. The average molecular weight is 227 g/mol. The van der Waals surface area contributed by atoms with Crippen LogP contribution in [0.1, 0.15) is 5.56 Å². The van der Waals surface area contributed by atoms with Gasteiger partial charge in [-0.15, -0.1) is 0 Å². The third-order valence-electron chi connectivity index (χ3n) is 2.04. The second kappa shape index (κ2) is 4.63. The molecule has 0 fully saturated rings. The van der Waals surface area contributed by atoms with Crippen molar-refractivity contribution in [3.8, 4) is 11.5 Å². The van der Waals surface area contributed by atoms with Crippen LogP contribution < -0.4 is 5.73 Å². The van der Waals surface area contributed by atoms with Crippen molar-refractivity contribution in [2.24, 2.45) is 5.73 Å². The molecular formula is C10H10FNO4. The van der Waals surface area contributed by atoms with Gasteiger partial charge < -0.3 is 21.1 Å². The number of hydrogen-bond donors (Lipinski definition) is 4. The molecule has 0 aliphatic rings. The van der Waals surface area contributed by atoms with Gasteiger partial charge in [0, 0.05) is 11.1 Å². The number of carboxylic acid groups (broad SMARTS) is 1. The number of phenols is 2. The van der Waals surface area contributed by atoms with Crippen LogP contribution in [0.3, 0.4) is 0 Å². The first-order valence-corrected chi connectivity index (χ1v) is 4.29. The monoisotopic (exact) mass is 227 g/mol. The lowest BCUT2D eigenvalue weighted by atomic mass is 9.99. The highest BCUT2D eigenvalue weighted by molar-refractivity contribution is 5.92. The molecule has 0 aliphatic carbocycles. The van der Waals surface area contributed by atoms with E-state index in [-0.39, 0.29) is 11.9 Å². The number of hydrogen-bond acceptors (Lipinski definition) is 4. The maximum absolute atomic E-state index is 12.6. The number of rotatable bonds is 3. The van der Waals surface area contributed by atoms with Gasteiger partial charge >= 0.3 is 5.97 Å². The fourth-order valence-corrected chi connectivity index (χ4v) is 1.19. The van der Waals surface area contributed by atoms with Gasteiger partial charge in [-0.05, 0) is 6.07 Å². The summed E-state index contributed by atoms with van der Waals surface area (Å²) < 4.78 is 12.6. The van der Waals surface area contributed by atoms with Crippen molar-refractivity contribution in [3.05, 3.63) is 30.1 Å². The summed E-state index contributed by atoms with van der Waals surface area (Å²) in [5, 5.41) is 27.2. The van der Waals surface area contributed by atoms with Crippen molar-refractivity contribution < 1.29 is 24.5 Å². The van der Waals surface area contributed by atoms with Crippen LogP contribution in [0.2, 0.25) is 0 Å². The summed E-state index contributed by atoms with van der Waals surface area (Å²) in [7, 11) is 0. The second-order valence-corrected chi connectivity index (χ2v) is 3.05. The summed E-state index contributed by atoms with van der Waals surface area (Å²) in [4.78, 5) is 10.6. The molecule has 1 atom stereocenters. The lowest BCUT2D eigenvalue weighted by Crippen LogP contribution is -2.31. The van der Waals surface area contributed by atoms with Gasteiger partial charge in [0.25, 0.3) is 0 Å². The van der Waals surface area contributed by atoms with Gasteiger partial charge in [0.15, 0.2) is 11.5 Å². The third kappa shape index (κ3) is 2.12. The highest BCUT2D eigenvalue weighted by atomic mass is 19.1. The zero-order valence-corrected chi connectivity index (χ0v) is 8.09. The summed E-state index contributed by atoms with van der Waals surface area (Å²) in [6.45, 7) is 0. The van der Waals surface area contributed by atoms with Crippen LogP contribution in [0.4, 0.5) is 4.39 Å². The quantitative estimate of drug-likeness (QED) is 0.572. The number of para-hydroxylation sites is 1. The number of aliphatic carboxylic acids is 1. The molecule has 0 aromatic heterocycles. The molecule has 1 rings (SSSR count). The van der Waals surface area contributed by atoms with E-state index >= 15 is 0 Å². The molecule has 0 aliphatic heterocycles. The van der Waals surface area contributed by atoms with E-state index in [1.54, 1.807) is 0 Å². The van der Waals surface area contributed by atoms with Crippen LogP contribution in [0.5, 0.6) is 11.5 Å². The maximum atomic E-state index is 12.6. The summed E-state index contributed by atoms with van der Waals surface area (Å²) in [5.74, 6) is -2.52. The largest absolute Gasteiger partial charge is 0.504 e. The smallest absolute Gasteiger partial charge is 0.325 e. The second-order valence-electron chi connectivity index (χ2n) is 3.05. The molecule has 5 nitrogen and oxygen atoms in total. The van der Waals surface area contributed by atoms with Crippen molar-refractivity contribution >= 4 is 11.5 Å². The molecule has 0 saturated carbocycles. The van der Waals surface area contributed by atoms with Crippen molar-refractivity contribution in [1.29, 1.82) is 0 Å². The first-order valence-electron chi connectivity index (χ1n) is 4.29. The Morgan fingerprint density at radius 3 is 2.56 bits per heavy atom. The van der Waals surface area contributed by atoms with E-state index in [4.69, 9.17) is 10.8 Å². The van der Waals surface area contributed by atoms with Gasteiger partial charge in [-0.3, -0.25) is 4.79 Å². The van der Waals surface area contributed by atoms with Crippen molar-refractivity contribution in [3.63, 3.8) is 0 Å². The van der Waals surface area contributed by atoms with Gasteiger partial charge in [0.1, 0.15) is 6.04 Å². The molecule has 0 bridgehead atoms. The summed E-state index contributed by atoms with van der Waals surface area (Å²) in [6, 6.07) is 2.16. The highest BCUT2D eigenvalue weighted by Gasteiger charge is 2.22. The minimum Gasteiger partial charge on any atom is -0.504 e. The van der Waals surface area contributed by atoms with Crippen molar-refractivity contribution in [1.82, 2.24) is 0 Å². The Hall–Kier alpha value is -2.08. The molecule has 1 unspecified atom stereocenters. The number of halogens is 1. The summed E-state index contributed by atoms with van der Waals surface area (Å²) in [5.41, 5.74) is 4.65. The Balaban J connectivity index is 3.26. The topological polar surface area (TPSA) is 104 Å². The number of carbonyl (C=O) groups is 1. The molecule has 86 valence electrons. The van der Waals surface area contributed by atoms with Crippen LogP contribution in [0, 0.1) is 0 Å². The zero-order chi connectivity index (χ0) is 12.3. The van der Waals surface area contributed by atoms with Gasteiger partial charge in [-0.1, -0.05) is 12.1 Å². The van der Waals surface area contributed by atoms with Gasteiger partial charge in [-0.25, -0.2) is 4.39 Å². The molecule has 1 aromatic carbocycles. The zero-order valence-electron chi connectivity index (χ0n) is 8.09. The molecule has 0 saturated heterocycles. The Bertz CT molecular complexity index is 444. The number of carboxylic acids is 1. The lowest BCUT2D eigenvalue weighted by Gasteiger charge is -2.12. The molecule has 1 aromatic rings. The Labute approximate surface area is 90.3 Å². The molecule has 0 spiro atoms. The number of phenolic OH excluding ortho intramolecular Hbond substituents is 2. The van der Waals surface area contributed by atoms with E-state index < -0.39 is 29.1 Å². The third-order valence-corrected chi connectivity index (χ3v) is 2.04. The maximum Gasteiger partial charge on any atom is 0.325 e. The van der Waals surface area contributed by atoms with Crippen molar-refractivity contribution in [2.75, 3.05) is 0 Å². The molecule has 5 N–H and O–H groups in total. The van der Waals surface area contributed by atoms with E-state index in [2.05, 4.69) is 0 Å². The summed E-state index contributed by atoms with van der Waals surface area (Å²) >= 11 is 0. The highest BCUT2D eigenvalue weighted by Crippen LogP contribution is 2.34. The minimum atomic E-state index is -1.61. The normalized spacial score (nSPS) is 13.5. The van der Waals surface area contributed by atoms with Crippen LogP contribution in [0.15, 0.2) is 24.5 Å².